The fraction of sp³-hybridized carbons (Fsp3) is 0.533. The van der Waals surface area contributed by atoms with E-state index in [1.807, 2.05) is 6.92 Å². The summed E-state index contributed by atoms with van der Waals surface area (Å²) in [5.74, 6) is -0.297. The van der Waals surface area contributed by atoms with E-state index >= 15 is 0 Å². The SMILES string of the molecule is CCOc1cc(C2(C(=O)O)CCCC2)cc(O)c1OC. The van der Waals surface area contributed by atoms with E-state index in [1.54, 1.807) is 6.07 Å². The first-order valence-electron chi connectivity index (χ1n) is 6.83. The monoisotopic (exact) mass is 280 g/mol. The van der Waals surface area contributed by atoms with Gasteiger partial charge in [-0.2, -0.15) is 0 Å². The van der Waals surface area contributed by atoms with Crippen LogP contribution in [-0.4, -0.2) is 29.9 Å². The molecule has 1 aliphatic carbocycles. The molecule has 0 heterocycles. The van der Waals surface area contributed by atoms with E-state index in [2.05, 4.69) is 0 Å². The minimum atomic E-state index is -0.921. The molecule has 0 radical (unpaired) electrons. The average Bonchev–Trinajstić information content (AvgIpc) is 2.89. The normalized spacial score (nSPS) is 16.9. The number of hydrogen-bond acceptors (Lipinski definition) is 4. The maximum Gasteiger partial charge on any atom is 0.314 e. The highest BCUT2D eigenvalue weighted by Gasteiger charge is 2.43. The van der Waals surface area contributed by atoms with E-state index in [9.17, 15) is 15.0 Å². The Bertz CT molecular complexity index is 503. The van der Waals surface area contributed by atoms with E-state index in [0.717, 1.165) is 12.8 Å². The molecule has 2 rings (SSSR count). The molecule has 0 atom stereocenters. The van der Waals surface area contributed by atoms with E-state index < -0.39 is 11.4 Å². The van der Waals surface area contributed by atoms with Gasteiger partial charge in [-0.25, -0.2) is 0 Å². The number of methoxy groups -OCH3 is 1. The molecule has 0 aromatic heterocycles. The molecule has 20 heavy (non-hydrogen) atoms. The topological polar surface area (TPSA) is 76.0 Å². The van der Waals surface area contributed by atoms with Crippen molar-refractivity contribution in [3.8, 4) is 17.2 Å². The quantitative estimate of drug-likeness (QED) is 0.867. The lowest BCUT2D eigenvalue weighted by Gasteiger charge is -2.25. The van der Waals surface area contributed by atoms with Crippen LogP contribution in [0.5, 0.6) is 17.2 Å². The summed E-state index contributed by atoms with van der Waals surface area (Å²) >= 11 is 0. The van der Waals surface area contributed by atoms with Crippen LogP contribution in [0.25, 0.3) is 0 Å². The highest BCUT2D eigenvalue weighted by atomic mass is 16.5. The highest BCUT2D eigenvalue weighted by molar-refractivity contribution is 5.82. The molecular formula is C15H20O5. The standard InChI is InChI=1S/C15H20O5/c1-3-20-12-9-10(8-11(16)13(12)19-2)15(14(17)18)6-4-5-7-15/h8-9,16H,3-7H2,1-2H3,(H,17,18). The van der Waals surface area contributed by atoms with Gasteiger partial charge in [0.15, 0.2) is 11.5 Å². The Morgan fingerprint density at radius 2 is 2.00 bits per heavy atom. The van der Waals surface area contributed by atoms with Crippen LogP contribution >= 0.6 is 0 Å². The van der Waals surface area contributed by atoms with Crippen molar-refractivity contribution in [2.75, 3.05) is 13.7 Å². The van der Waals surface area contributed by atoms with Gasteiger partial charge >= 0.3 is 5.97 Å². The van der Waals surface area contributed by atoms with Crippen LogP contribution in [0.3, 0.4) is 0 Å². The van der Waals surface area contributed by atoms with E-state index in [1.165, 1.54) is 13.2 Å². The lowest BCUT2D eigenvalue weighted by Crippen LogP contribution is -2.32. The third-order valence-corrected chi connectivity index (χ3v) is 3.96. The van der Waals surface area contributed by atoms with Gasteiger partial charge in [-0.15, -0.1) is 0 Å². The zero-order valence-electron chi connectivity index (χ0n) is 11.8. The highest BCUT2D eigenvalue weighted by Crippen LogP contribution is 2.47. The van der Waals surface area contributed by atoms with Crippen molar-refractivity contribution in [2.24, 2.45) is 0 Å². The predicted octanol–water partition coefficient (Wildman–Crippen LogP) is 2.70. The van der Waals surface area contributed by atoms with Crippen LogP contribution in [0.2, 0.25) is 0 Å². The number of phenols is 1. The first-order valence-corrected chi connectivity index (χ1v) is 6.83. The number of rotatable bonds is 5. The Hall–Kier alpha value is -1.91. The molecule has 0 aliphatic heterocycles. The summed E-state index contributed by atoms with van der Waals surface area (Å²) < 4.78 is 10.6. The second-order valence-corrected chi connectivity index (χ2v) is 5.05. The second-order valence-electron chi connectivity index (χ2n) is 5.05. The second kappa shape index (κ2) is 5.61. The fourth-order valence-electron chi connectivity index (χ4n) is 2.94. The molecule has 1 aromatic carbocycles. The Morgan fingerprint density at radius 1 is 1.35 bits per heavy atom. The van der Waals surface area contributed by atoms with Gasteiger partial charge in [0.1, 0.15) is 0 Å². The third-order valence-electron chi connectivity index (χ3n) is 3.96. The summed E-state index contributed by atoms with van der Waals surface area (Å²) in [4.78, 5) is 11.7. The molecule has 0 bridgehead atoms. The van der Waals surface area contributed by atoms with Gasteiger partial charge in [-0.3, -0.25) is 4.79 Å². The number of aromatic hydroxyl groups is 1. The van der Waals surface area contributed by atoms with Crippen LogP contribution in [0.15, 0.2) is 12.1 Å². The molecule has 0 spiro atoms. The summed E-state index contributed by atoms with van der Waals surface area (Å²) in [6.07, 6.45) is 2.92. The molecule has 1 fully saturated rings. The number of hydrogen-bond donors (Lipinski definition) is 2. The van der Waals surface area contributed by atoms with Crippen molar-refractivity contribution in [1.82, 2.24) is 0 Å². The van der Waals surface area contributed by atoms with Crippen LogP contribution in [0.4, 0.5) is 0 Å². The summed E-state index contributed by atoms with van der Waals surface area (Å²) in [6, 6.07) is 3.17. The van der Waals surface area contributed by atoms with Crippen LogP contribution < -0.4 is 9.47 Å². The third kappa shape index (κ3) is 2.28. The zero-order valence-corrected chi connectivity index (χ0v) is 11.8. The molecule has 5 nitrogen and oxygen atoms in total. The summed E-state index contributed by atoms with van der Waals surface area (Å²) in [5.41, 5.74) is -0.334. The minimum Gasteiger partial charge on any atom is -0.504 e. The molecule has 1 aliphatic rings. The van der Waals surface area contributed by atoms with Crippen molar-refractivity contribution >= 4 is 5.97 Å². The number of ether oxygens (including phenoxy) is 2. The molecule has 1 aromatic rings. The van der Waals surface area contributed by atoms with E-state index in [-0.39, 0.29) is 11.5 Å². The molecule has 0 unspecified atom stereocenters. The van der Waals surface area contributed by atoms with Gasteiger partial charge in [-0.05, 0) is 37.5 Å². The number of carboxylic acid groups (broad SMARTS) is 1. The molecule has 0 saturated heterocycles. The number of phenolic OH excluding ortho intramolecular Hbond substituents is 1. The number of aliphatic carboxylic acids is 1. The lowest BCUT2D eigenvalue weighted by molar-refractivity contribution is -0.143. The lowest BCUT2D eigenvalue weighted by atomic mass is 9.78. The Morgan fingerprint density at radius 3 is 2.50 bits per heavy atom. The molecular weight excluding hydrogens is 260 g/mol. The predicted molar refractivity (Wildman–Crippen MR) is 73.6 cm³/mol. The van der Waals surface area contributed by atoms with Gasteiger partial charge in [-0.1, -0.05) is 12.8 Å². The number of carboxylic acids is 1. The molecule has 0 amide bonds. The van der Waals surface area contributed by atoms with Crippen LogP contribution in [0, 0.1) is 0 Å². The Balaban J connectivity index is 2.54. The summed E-state index contributed by atoms with van der Waals surface area (Å²) in [6.45, 7) is 2.24. The summed E-state index contributed by atoms with van der Waals surface area (Å²) in [5, 5.41) is 19.7. The maximum absolute atomic E-state index is 11.7. The maximum atomic E-state index is 11.7. The average molecular weight is 280 g/mol. The molecule has 1 saturated carbocycles. The fourth-order valence-corrected chi connectivity index (χ4v) is 2.94. The Labute approximate surface area is 118 Å². The first-order chi connectivity index (χ1) is 9.55. The Kier molecular flexibility index (Phi) is 4.06. The number of carbonyl (C=O) groups is 1. The van der Waals surface area contributed by atoms with Gasteiger partial charge in [0, 0.05) is 0 Å². The van der Waals surface area contributed by atoms with Crippen molar-refractivity contribution in [3.63, 3.8) is 0 Å². The van der Waals surface area contributed by atoms with Crippen molar-refractivity contribution < 1.29 is 24.5 Å². The van der Waals surface area contributed by atoms with Gasteiger partial charge in [0.2, 0.25) is 5.75 Å². The van der Waals surface area contributed by atoms with Crippen molar-refractivity contribution in [1.29, 1.82) is 0 Å². The molecule has 2 N–H and O–H groups in total. The molecule has 5 heteroatoms. The molecule has 110 valence electrons. The van der Waals surface area contributed by atoms with E-state index in [0.29, 0.717) is 30.8 Å². The largest absolute Gasteiger partial charge is 0.504 e. The van der Waals surface area contributed by atoms with E-state index in [4.69, 9.17) is 9.47 Å². The van der Waals surface area contributed by atoms with Gasteiger partial charge < -0.3 is 19.7 Å². The zero-order chi connectivity index (χ0) is 14.8. The number of benzene rings is 1. The van der Waals surface area contributed by atoms with Gasteiger partial charge in [0.05, 0.1) is 19.1 Å². The summed E-state index contributed by atoms with van der Waals surface area (Å²) in [7, 11) is 1.44. The van der Waals surface area contributed by atoms with Crippen molar-refractivity contribution in [2.45, 2.75) is 38.0 Å². The first kappa shape index (κ1) is 14.5. The van der Waals surface area contributed by atoms with Gasteiger partial charge in [0.25, 0.3) is 0 Å². The van der Waals surface area contributed by atoms with Crippen LogP contribution in [0.1, 0.15) is 38.2 Å². The smallest absolute Gasteiger partial charge is 0.314 e. The van der Waals surface area contributed by atoms with Crippen molar-refractivity contribution in [3.05, 3.63) is 17.7 Å². The minimum absolute atomic E-state index is 0.0824. The van der Waals surface area contributed by atoms with Crippen LogP contribution in [-0.2, 0) is 10.2 Å².